The van der Waals surface area contributed by atoms with Crippen molar-refractivity contribution in [3.8, 4) is 0 Å². The molecule has 0 spiro atoms. The van der Waals surface area contributed by atoms with Gasteiger partial charge in [-0.1, -0.05) is 13.0 Å². The Kier molecular flexibility index (Phi) is 6.14. The maximum absolute atomic E-state index is 11.3. The van der Waals surface area contributed by atoms with Crippen LogP contribution in [0.2, 0.25) is 0 Å². The number of hydrogen-bond acceptors (Lipinski definition) is 2. The monoisotopic (exact) mass is 239 g/mol. The van der Waals surface area contributed by atoms with Gasteiger partial charge in [0, 0.05) is 32.3 Å². The third kappa shape index (κ3) is 5.38. The van der Waals surface area contributed by atoms with Crippen molar-refractivity contribution in [3.05, 3.63) is 12.3 Å². The smallest absolute Gasteiger partial charge is 0.318 e. The number of carbonyl (C=O) groups excluding carboxylic acids is 2. The Hall–Kier alpha value is -1.52. The Labute approximate surface area is 102 Å². The zero-order chi connectivity index (χ0) is 12.5. The summed E-state index contributed by atoms with van der Waals surface area (Å²) < 4.78 is 0. The number of likely N-dealkylation sites (tertiary alicyclic amines) is 1. The summed E-state index contributed by atoms with van der Waals surface area (Å²) in [6.07, 6.45) is 6.86. The molecule has 1 heterocycles. The van der Waals surface area contributed by atoms with E-state index in [4.69, 9.17) is 0 Å². The molecule has 96 valence electrons. The number of nitrogens with one attached hydrogen (secondary N) is 2. The molecule has 1 saturated heterocycles. The highest BCUT2D eigenvalue weighted by molar-refractivity contribution is 5.78. The van der Waals surface area contributed by atoms with Gasteiger partial charge in [-0.3, -0.25) is 4.79 Å². The van der Waals surface area contributed by atoms with E-state index in [1.807, 2.05) is 17.9 Å². The van der Waals surface area contributed by atoms with E-state index in [1.54, 1.807) is 6.20 Å². The molecule has 5 nitrogen and oxygen atoms in total. The number of allylic oxidation sites excluding steroid dienone is 1. The summed E-state index contributed by atoms with van der Waals surface area (Å²) in [6, 6.07) is -0.192. The predicted octanol–water partition coefficient (Wildman–Crippen LogP) is 1.22. The quantitative estimate of drug-likeness (QED) is 0.685. The van der Waals surface area contributed by atoms with E-state index >= 15 is 0 Å². The highest BCUT2D eigenvalue weighted by Gasteiger charge is 2.18. The first-order valence-corrected chi connectivity index (χ1v) is 6.21. The van der Waals surface area contributed by atoms with Crippen molar-refractivity contribution in [2.45, 2.75) is 32.6 Å². The maximum atomic E-state index is 11.3. The van der Waals surface area contributed by atoms with E-state index in [0.717, 1.165) is 32.4 Å². The van der Waals surface area contributed by atoms with Crippen molar-refractivity contribution >= 4 is 11.9 Å². The average Bonchev–Trinajstić information content (AvgIpc) is 2.71. The second-order valence-corrected chi connectivity index (χ2v) is 4.05. The molecule has 1 aliphatic rings. The highest BCUT2D eigenvalue weighted by atomic mass is 16.2. The van der Waals surface area contributed by atoms with Gasteiger partial charge in [0.2, 0.25) is 5.91 Å². The molecule has 0 aromatic heterocycles. The zero-order valence-electron chi connectivity index (χ0n) is 10.4. The molecule has 0 atom stereocenters. The molecule has 1 aliphatic heterocycles. The van der Waals surface area contributed by atoms with Crippen LogP contribution in [0.4, 0.5) is 4.79 Å². The van der Waals surface area contributed by atoms with Gasteiger partial charge in [-0.25, -0.2) is 4.79 Å². The molecule has 0 aromatic rings. The summed E-state index contributed by atoms with van der Waals surface area (Å²) in [6.45, 7) is 4.20. The van der Waals surface area contributed by atoms with Gasteiger partial charge >= 0.3 is 6.03 Å². The summed E-state index contributed by atoms with van der Waals surface area (Å²) >= 11 is 0. The molecular formula is C12H21N3O2. The fraction of sp³-hybridized carbons (Fsp3) is 0.667. The molecule has 3 amide bonds. The van der Waals surface area contributed by atoms with Crippen LogP contribution in [-0.2, 0) is 4.79 Å². The summed E-state index contributed by atoms with van der Waals surface area (Å²) in [5.41, 5.74) is 0. The van der Waals surface area contributed by atoms with Crippen molar-refractivity contribution in [1.82, 2.24) is 15.5 Å². The number of hydrogen-bond donors (Lipinski definition) is 2. The minimum absolute atomic E-state index is 0.192. The molecular weight excluding hydrogens is 218 g/mol. The fourth-order valence-corrected chi connectivity index (χ4v) is 1.72. The molecule has 0 saturated carbocycles. The minimum atomic E-state index is -0.192. The van der Waals surface area contributed by atoms with E-state index in [0.29, 0.717) is 13.0 Å². The Morgan fingerprint density at radius 3 is 3.00 bits per heavy atom. The first-order chi connectivity index (χ1) is 8.24. The molecule has 1 fully saturated rings. The van der Waals surface area contributed by atoms with Crippen LogP contribution in [0.25, 0.3) is 0 Å². The van der Waals surface area contributed by atoms with Gasteiger partial charge in [0.15, 0.2) is 0 Å². The number of amides is 3. The molecule has 0 radical (unpaired) electrons. The lowest BCUT2D eigenvalue weighted by Gasteiger charge is -2.15. The number of carbonyl (C=O) groups is 2. The molecule has 5 heteroatoms. The molecule has 17 heavy (non-hydrogen) atoms. The highest BCUT2D eigenvalue weighted by Crippen LogP contribution is 2.09. The fourth-order valence-electron chi connectivity index (χ4n) is 1.72. The minimum Gasteiger partial charge on any atom is -0.343 e. The van der Waals surface area contributed by atoms with Crippen molar-refractivity contribution in [1.29, 1.82) is 0 Å². The molecule has 0 aromatic carbocycles. The predicted molar refractivity (Wildman–Crippen MR) is 66.4 cm³/mol. The molecule has 1 rings (SSSR count). The van der Waals surface area contributed by atoms with Crippen molar-refractivity contribution in [2.24, 2.45) is 0 Å². The molecule has 2 N–H and O–H groups in total. The number of rotatable bonds is 6. The molecule has 0 aliphatic carbocycles. The van der Waals surface area contributed by atoms with Crippen molar-refractivity contribution < 1.29 is 9.59 Å². The van der Waals surface area contributed by atoms with Crippen LogP contribution >= 0.6 is 0 Å². The summed E-state index contributed by atoms with van der Waals surface area (Å²) in [5, 5.41) is 5.35. The maximum Gasteiger partial charge on any atom is 0.318 e. The number of nitrogens with zero attached hydrogens (tertiary/aromatic N) is 1. The average molecular weight is 239 g/mol. The van der Waals surface area contributed by atoms with Crippen LogP contribution in [-0.4, -0.2) is 36.5 Å². The third-order valence-corrected chi connectivity index (χ3v) is 2.63. The van der Waals surface area contributed by atoms with Gasteiger partial charge in [-0.05, 0) is 19.3 Å². The summed E-state index contributed by atoms with van der Waals surface area (Å²) in [5.74, 6) is 0.236. The van der Waals surface area contributed by atoms with Crippen LogP contribution in [0.3, 0.4) is 0 Å². The van der Waals surface area contributed by atoms with Crippen LogP contribution in [0.1, 0.15) is 32.6 Å². The Balaban J connectivity index is 2.01. The second-order valence-electron chi connectivity index (χ2n) is 4.05. The van der Waals surface area contributed by atoms with Crippen LogP contribution in [0.5, 0.6) is 0 Å². The van der Waals surface area contributed by atoms with Gasteiger partial charge in [0.1, 0.15) is 0 Å². The summed E-state index contributed by atoms with van der Waals surface area (Å²) in [7, 11) is 0. The SMILES string of the molecule is CC/C=C/NC(=O)NCCCN1CCCC1=O. The Bertz CT molecular complexity index is 289. The lowest BCUT2D eigenvalue weighted by molar-refractivity contribution is -0.127. The van der Waals surface area contributed by atoms with E-state index in [1.165, 1.54) is 0 Å². The van der Waals surface area contributed by atoms with Crippen LogP contribution in [0.15, 0.2) is 12.3 Å². The van der Waals surface area contributed by atoms with E-state index in [2.05, 4.69) is 10.6 Å². The Morgan fingerprint density at radius 1 is 1.53 bits per heavy atom. The van der Waals surface area contributed by atoms with Crippen LogP contribution < -0.4 is 10.6 Å². The van der Waals surface area contributed by atoms with E-state index in [-0.39, 0.29) is 11.9 Å². The number of urea groups is 1. The van der Waals surface area contributed by atoms with E-state index < -0.39 is 0 Å². The zero-order valence-corrected chi connectivity index (χ0v) is 10.4. The first kappa shape index (κ1) is 13.5. The third-order valence-electron chi connectivity index (χ3n) is 2.63. The first-order valence-electron chi connectivity index (χ1n) is 6.21. The largest absolute Gasteiger partial charge is 0.343 e. The lowest BCUT2D eigenvalue weighted by Crippen LogP contribution is -2.35. The van der Waals surface area contributed by atoms with Gasteiger partial charge in [-0.15, -0.1) is 0 Å². The summed E-state index contributed by atoms with van der Waals surface area (Å²) in [4.78, 5) is 24.4. The molecule has 0 bridgehead atoms. The van der Waals surface area contributed by atoms with E-state index in [9.17, 15) is 9.59 Å². The van der Waals surface area contributed by atoms with Gasteiger partial charge in [0.05, 0.1) is 0 Å². The second kappa shape index (κ2) is 7.70. The van der Waals surface area contributed by atoms with Crippen molar-refractivity contribution in [2.75, 3.05) is 19.6 Å². The standard InChI is InChI=1S/C12H21N3O2/c1-2-3-7-13-12(17)14-8-5-10-15-9-4-6-11(15)16/h3,7H,2,4-6,8-10H2,1H3,(H2,13,14,17)/b7-3+. The van der Waals surface area contributed by atoms with Gasteiger partial charge < -0.3 is 15.5 Å². The Morgan fingerprint density at radius 2 is 2.35 bits per heavy atom. The van der Waals surface area contributed by atoms with Gasteiger partial charge in [0.25, 0.3) is 0 Å². The molecule has 0 unspecified atom stereocenters. The normalized spacial score (nSPS) is 15.6. The van der Waals surface area contributed by atoms with Crippen LogP contribution in [0, 0.1) is 0 Å². The van der Waals surface area contributed by atoms with Gasteiger partial charge in [-0.2, -0.15) is 0 Å². The van der Waals surface area contributed by atoms with Crippen molar-refractivity contribution in [3.63, 3.8) is 0 Å². The topological polar surface area (TPSA) is 61.4 Å². The lowest BCUT2D eigenvalue weighted by atomic mass is 10.4.